The summed E-state index contributed by atoms with van der Waals surface area (Å²) in [7, 11) is 0. The fraction of sp³-hybridized carbons (Fsp3) is 0.111. The van der Waals surface area contributed by atoms with Crippen LogP contribution in [-0.2, 0) is 5.41 Å². The van der Waals surface area contributed by atoms with Crippen LogP contribution in [0.3, 0.4) is 0 Å². The maximum Gasteiger partial charge on any atom is 0.0547 e. The molecule has 0 radical (unpaired) electrons. The van der Waals surface area contributed by atoms with E-state index in [9.17, 15) is 0 Å². The van der Waals surface area contributed by atoms with Crippen molar-refractivity contribution >= 4 is 44.0 Å². The monoisotopic (exact) mass is 604 g/mol. The van der Waals surface area contributed by atoms with Crippen LogP contribution in [0.5, 0.6) is 0 Å². The zero-order valence-electron chi connectivity index (χ0n) is 26.8. The molecule has 0 saturated heterocycles. The van der Waals surface area contributed by atoms with E-state index in [2.05, 4.69) is 181 Å². The molecule has 226 valence electrons. The van der Waals surface area contributed by atoms with Crippen molar-refractivity contribution in [3.63, 3.8) is 0 Å². The Bertz CT molecular complexity index is 2430. The molecule has 0 atom stereocenters. The van der Waals surface area contributed by atoms with E-state index in [-0.39, 0.29) is 5.41 Å². The molecule has 1 aromatic heterocycles. The van der Waals surface area contributed by atoms with Crippen LogP contribution in [0.1, 0.15) is 25.8 Å². The Labute approximate surface area is 276 Å². The fourth-order valence-corrected chi connectivity index (χ4v) is 7.73. The molecule has 0 fully saturated rings. The van der Waals surface area contributed by atoms with Crippen molar-refractivity contribution in [2.75, 3.05) is 11.4 Å². The van der Waals surface area contributed by atoms with E-state index in [4.69, 9.17) is 0 Å². The van der Waals surface area contributed by atoms with E-state index >= 15 is 0 Å². The maximum absolute atomic E-state index is 2.47. The topological polar surface area (TPSA) is 8.17 Å². The molecule has 0 spiro atoms. The van der Waals surface area contributed by atoms with Crippen molar-refractivity contribution < 1.29 is 0 Å². The summed E-state index contributed by atoms with van der Waals surface area (Å²) in [6, 6.07) is 57.9. The highest BCUT2D eigenvalue weighted by Gasteiger charge is 2.31. The maximum atomic E-state index is 2.47. The number of hydrogen-bond acceptors (Lipinski definition) is 1. The van der Waals surface area contributed by atoms with Gasteiger partial charge in [-0.2, -0.15) is 0 Å². The lowest BCUT2D eigenvalue weighted by molar-refractivity contribution is 0.467. The molecule has 9 rings (SSSR count). The molecule has 47 heavy (non-hydrogen) atoms. The van der Waals surface area contributed by atoms with Gasteiger partial charge in [0.25, 0.3) is 0 Å². The van der Waals surface area contributed by atoms with E-state index in [0.717, 1.165) is 13.0 Å². The van der Waals surface area contributed by atoms with Crippen LogP contribution in [0.4, 0.5) is 11.4 Å². The van der Waals surface area contributed by atoms with Crippen molar-refractivity contribution in [1.29, 1.82) is 0 Å². The molecule has 0 aliphatic carbocycles. The van der Waals surface area contributed by atoms with Gasteiger partial charge in [0.15, 0.2) is 0 Å². The lowest BCUT2D eigenvalue weighted by atomic mass is 9.77. The molecule has 8 aromatic rings. The van der Waals surface area contributed by atoms with Crippen LogP contribution < -0.4 is 4.90 Å². The summed E-state index contributed by atoms with van der Waals surface area (Å²) >= 11 is 0. The molecule has 0 unspecified atom stereocenters. The number of fused-ring (bicyclic) bond motifs is 6. The summed E-state index contributed by atoms with van der Waals surface area (Å²) in [4.78, 5) is 2.47. The predicted molar refractivity (Wildman–Crippen MR) is 200 cm³/mol. The molecule has 0 saturated carbocycles. The quantitative estimate of drug-likeness (QED) is 0.194. The molecule has 1 aliphatic rings. The van der Waals surface area contributed by atoms with Crippen molar-refractivity contribution in [2.24, 2.45) is 0 Å². The van der Waals surface area contributed by atoms with Crippen LogP contribution in [0.15, 0.2) is 158 Å². The lowest BCUT2D eigenvalue weighted by Crippen LogP contribution is -2.34. The zero-order valence-corrected chi connectivity index (χ0v) is 26.8. The Morgan fingerprint density at radius 3 is 1.89 bits per heavy atom. The fourth-order valence-electron chi connectivity index (χ4n) is 7.73. The van der Waals surface area contributed by atoms with E-state index in [1.165, 1.54) is 77.5 Å². The van der Waals surface area contributed by atoms with Crippen molar-refractivity contribution in [3.05, 3.63) is 163 Å². The van der Waals surface area contributed by atoms with Gasteiger partial charge in [-0.1, -0.05) is 123 Å². The first-order valence-electron chi connectivity index (χ1n) is 16.6. The number of anilines is 2. The summed E-state index contributed by atoms with van der Waals surface area (Å²) < 4.78 is 2.40. The predicted octanol–water partition coefficient (Wildman–Crippen LogP) is 12.1. The highest BCUT2D eigenvalue weighted by molar-refractivity contribution is 6.21. The van der Waals surface area contributed by atoms with E-state index in [1.54, 1.807) is 0 Å². The van der Waals surface area contributed by atoms with Gasteiger partial charge in [-0.05, 0) is 99.0 Å². The first kappa shape index (κ1) is 27.7. The standard InChI is InChI=1S/C45H36N2/c1-45(2)28-29-46(42-17-8-6-15-40(42)45)36-23-18-31(19-24-36)34-11-9-12-35(30-34)32-20-25-37(26-21-32)47-41-16-7-5-14-39(41)44-38-13-4-3-10-33(38)22-27-43(44)47/h3-27,30H,28-29H2,1-2H3. The second kappa shape index (κ2) is 10.7. The lowest BCUT2D eigenvalue weighted by Gasteiger charge is -2.40. The highest BCUT2D eigenvalue weighted by Crippen LogP contribution is 2.43. The molecule has 2 nitrogen and oxygen atoms in total. The Morgan fingerprint density at radius 1 is 0.489 bits per heavy atom. The molecule has 2 heterocycles. The smallest absolute Gasteiger partial charge is 0.0547 e. The average molecular weight is 605 g/mol. The van der Waals surface area contributed by atoms with Gasteiger partial charge in [-0.25, -0.2) is 0 Å². The summed E-state index contributed by atoms with van der Waals surface area (Å²) in [5, 5.41) is 5.17. The van der Waals surface area contributed by atoms with Gasteiger partial charge in [0.2, 0.25) is 0 Å². The van der Waals surface area contributed by atoms with Gasteiger partial charge in [0.05, 0.1) is 11.0 Å². The van der Waals surface area contributed by atoms with E-state index in [1.807, 2.05) is 0 Å². The van der Waals surface area contributed by atoms with Crippen molar-refractivity contribution in [1.82, 2.24) is 4.57 Å². The Hall–Kier alpha value is -5.60. The average Bonchev–Trinajstić information content (AvgIpc) is 3.47. The number of nitrogens with zero attached hydrogens (tertiary/aromatic N) is 2. The number of benzene rings is 7. The minimum atomic E-state index is 0.198. The number of aromatic nitrogens is 1. The summed E-state index contributed by atoms with van der Waals surface area (Å²) in [6.07, 6.45) is 1.14. The van der Waals surface area contributed by atoms with Gasteiger partial charge in [0, 0.05) is 34.4 Å². The van der Waals surface area contributed by atoms with Gasteiger partial charge in [0.1, 0.15) is 0 Å². The second-order valence-corrected chi connectivity index (χ2v) is 13.5. The Morgan fingerprint density at radius 2 is 1.13 bits per heavy atom. The third-order valence-corrected chi connectivity index (χ3v) is 10.3. The van der Waals surface area contributed by atoms with E-state index in [0.29, 0.717) is 0 Å². The Kier molecular flexibility index (Phi) is 6.33. The molecular formula is C45H36N2. The van der Waals surface area contributed by atoms with E-state index < -0.39 is 0 Å². The van der Waals surface area contributed by atoms with Crippen LogP contribution >= 0.6 is 0 Å². The SMILES string of the molecule is CC1(C)CCN(c2ccc(-c3cccc(-c4ccc(-n5c6ccccc6c6c7ccccc7ccc65)cc4)c3)cc2)c2ccccc21. The third-order valence-electron chi connectivity index (χ3n) is 10.3. The zero-order chi connectivity index (χ0) is 31.5. The number of rotatable bonds is 4. The Balaban J connectivity index is 1.04. The third kappa shape index (κ3) is 4.55. The molecule has 1 aliphatic heterocycles. The molecule has 0 bridgehead atoms. The molecular weight excluding hydrogens is 569 g/mol. The minimum Gasteiger partial charge on any atom is -0.341 e. The van der Waals surface area contributed by atoms with Crippen molar-refractivity contribution in [3.8, 4) is 27.9 Å². The summed E-state index contributed by atoms with van der Waals surface area (Å²) in [6.45, 7) is 5.75. The minimum absolute atomic E-state index is 0.198. The molecule has 0 N–H and O–H groups in total. The van der Waals surface area contributed by atoms with Gasteiger partial charge >= 0.3 is 0 Å². The van der Waals surface area contributed by atoms with Crippen LogP contribution in [-0.4, -0.2) is 11.1 Å². The van der Waals surface area contributed by atoms with Crippen LogP contribution in [0, 0.1) is 0 Å². The largest absolute Gasteiger partial charge is 0.341 e. The van der Waals surface area contributed by atoms with Crippen molar-refractivity contribution in [2.45, 2.75) is 25.7 Å². The first-order chi connectivity index (χ1) is 23.0. The van der Waals surface area contributed by atoms with Gasteiger partial charge < -0.3 is 9.47 Å². The first-order valence-corrected chi connectivity index (χ1v) is 16.6. The summed E-state index contributed by atoms with van der Waals surface area (Å²) in [5.41, 5.74) is 12.7. The van der Waals surface area contributed by atoms with Gasteiger partial charge in [-0.3, -0.25) is 0 Å². The molecule has 0 amide bonds. The summed E-state index contributed by atoms with van der Waals surface area (Å²) in [5.74, 6) is 0. The molecule has 2 heteroatoms. The normalized spacial score (nSPS) is 14.1. The van der Waals surface area contributed by atoms with Crippen LogP contribution in [0.25, 0.3) is 60.5 Å². The highest BCUT2D eigenvalue weighted by atomic mass is 15.1. The number of para-hydroxylation sites is 2. The molecule has 7 aromatic carbocycles. The number of hydrogen-bond donors (Lipinski definition) is 0. The van der Waals surface area contributed by atoms with Crippen LogP contribution in [0.2, 0.25) is 0 Å². The van der Waals surface area contributed by atoms with Gasteiger partial charge in [-0.15, -0.1) is 0 Å². The second-order valence-electron chi connectivity index (χ2n) is 13.5.